The molecule has 26 heavy (non-hydrogen) atoms. The van der Waals surface area contributed by atoms with Crippen LogP contribution in [-0.4, -0.2) is 49.2 Å². The number of ether oxygens (including phenoxy) is 1. The van der Waals surface area contributed by atoms with Crippen molar-refractivity contribution in [3.63, 3.8) is 0 Å². The van der Waals surface area contributed by atoms with Gasteiger partial charge in [0.1, 0.15) is 0 Å². The van der Waals surface area contributed by atoms with Crippen LogP contribution in [0.2, 0.25) is 0 Å². The van der Waals surface area contributed by atoms with E-state index in [4.69, 9.17) is 4.74 Å². The lowest BCUT2D eigenvalue weighted by Gasteiger charge is -2.26. The molecule has 0 bridgehead atoms. The number of piperidine rings is 1. The molecule has 1 aromatic carbocycles. The SMILES string of the molecule is COc1cc(-c2ccc(C(=O)NCCN3CCCCC3)s2)ccc1O.Cl. The normalized spacial score (nSPS) is 14.5. The zero-order chi connectivity index (χ0) is 17.6. The molecule has 0 spiro atoms. The fraction of sp³-hybridized carbons (Fsp3) is 0.421. The van der Waals surface area contributed by atoms with E-state index < -0.39 is 0 Å². The third kappa shape index (κ3) is 5.13. The minimum atomic E-state index is -0.0287. The summed E-state index contributed by atoms with van der Waals surface area (Å²) < 4.78 is 5.14. The maximum Gasteiger partial charge on any atom is 0.261 e. The lowest BCUT2D eigenvalue weighted by molar-refractivity contribution is 0.0950. The summed E-state index contributed by atoms with van der Waals surface area (Å²) in [7, 11) is 1.52. The number of carbonyl (C=O) groups excluding carboxylic acids is 1. The molecule has 2 N–H and O–H groups in total. The first-order chi connectivity index (χ1) is 12.2. The molecular weight excluding hydrogens is 372 g/mol. The molecular formula is C19H25ClN2O3S. The average Bonchev–Trinajstić information content (AvgIpc) is 3.13. The Bertz CT molecular complexity index is 729. The number of carbonyl (C=O) groups is 1. The molecule has 1 aliphatic heterocycles. The van der Waals surface area contributed by atoms with E-state index in [0.29, 0.717) is 17.2 Å². The molecule has 1 amide bonds. The van der Waals surface area contributed by atoms with Crippen LogP contribution in [-0.2, 0) is 0 Å². The minimum absolute atomic E-state index is 0. The van der Waals surface area contributed by atoms with E-state index in [-0.39, 0.29) is 24.1 Å². The van der Waals surface area contributed by atoms with Gasteiger partial charge in [0.15, 0.2) is 11.5 Å². The number of hydrogen-bond donors (Lipinski definition) is 2. The van der Waals surface area contributed by atoms with Gasteiger partial charge in [-0.05, 0) is 61.8 Å². The highest BCUT2D eigenvalue weighted by Gasteiger charge is 2.13. The number of thiophene rings is 1. The standard InChI is InChI=1S/C19H24N2O3S.ClH/c1-24-16-13-14(5-6-15(16)22)17-7-8-18(25-17)19(23)20-9-12-21-10-3-2-4-11-21;/h5-8,13,22H,2-4,9-12H2,1H3,(H,20,23);1H. The number of likely N-dealkylation sites (tertiary alicyclic amines) is 1. The van der Waals surface area contributed by atoms with Gasteiger partial charge < -0.3 is 20.1 Å². The Labute approximate surface area is 164 Å². The van der Waals surface area contributed by atoms with Gasteiger partial charge in [-0.2, -0.15) is 0 Å². The number of methoxy groups -OCH3 is 1. The molecule has 0 radical (unpaired) electrons. The Balaban J connectivity index is 0.00000243. The number of nitrogens with one attached hydrogen (secondary N) is 1. The number of amides is 1. The van der Waals surface area contributed by atoms with Gasteiger partial charge in [0.25, 0.3) is 5.91 Å². The molecule has 1 aliphatic rings. The number of aromatic hydroxyl groups is 1. The predicted octanol–water partition coefficient (Wildman–Crippen LogP) is 3.77. The van der Waals surface area contributed by atoms with Crippen LogP contribution in [0.4, 0.5) is 0 Å². The van der Waals surface area contributed by atoms with Gasteiger partial charge in [-0.3, -0.25) is 4.79 Å². The van der Waals surface area contributed by atoms with E-state index >= 15 is 0 Å². The predicted molar refractivity (Wildman–Crippen MR) is 108 cm³/mol. The number of benzene rings is 1. The van der Waals surface area contributed by atoms with Crippen molar-refractivity contribution < 1.29 is 14.6 Å². The van der Waals surface area contributed by atoms with Crippen LogP contribution in [0.15, 0.2) is 30.3 Å². The van der Waals surface area contributed by atoms with E-state index in [2.05, 4.69) is 10.2 Å². The van der Waals surface area contributed by atoms with Gasteiger partial charge in [-0.1, -0.05) is 6.42 Å². The molecule has 0 atom stereocenters. The number of phenolic OH excluding ortho intramolecular Hbond substituents is 1. The molecule has 2 aromatic rings. The Morgan fingerprint density at radius 1 is 1.23 bits per heavy atom. The zero-order valence-corrected chi connectivity index (χ0v) is 16.5. The number of hydrogen-bond acceptors (Lipinski definition) is 5. The van der Waals surface area contributed by atoms with E-state index in [1.165, 1.54) is 37.7 Å². The summed E-state index contributed by atoms with van der Waals surface area (Å²) in [5, 5.41) is 12.7. The average molecular weight is 397 g/mol. The Kier molecular flexibility index (Phi) is 7.75. The summed E-state index contributed by atoms with van der Waals surface area (Å²) >= 11 is 1.44. The quantitative estimate of drug-likeness (QED) is 0.780. The van der Waals surface area contributed by atoms with Gasteiger partial charge in [-0.25, -0.2) is 0 Å². The molecule has 1 aromatic heterocycles. The van der Waals surface area contributed by atoms with Crippen LogP contribution < -0.4 is 10.1 Å². The molecule has 7 heteroatoms. The molecule has 5 nitrogen and oxygen atoms in total. The van der Waals surface area contributed by atoms with Crippen molar-refractivity contribution in [2.45, 2.75) is 19.3 Å². The second kappa shape index (κ2) is 9.80. The van der Waals surface area contributed by atoms with E-state index in [9.17, 15) is 9.90 Å². The molecule has 0 unspecified atom stereocenters. The summed E-state index contributed by atoms with van der Waals surface area (Å²) in [4.78, 5) is 16.4. The molecule has 1 saturated heterocycles. The minimum Gasteiger partial charge on any atom is -0.504 e. The third-order valence-electron chi connectivity index (χ3n) is 4.46. The number of nitrogens with zero attached hydrogens (tertiary/aromatic N) is 1. The Morgan fingerprint density at radius 2 is 2.00 bits per heavy atom. The van der Waals surface area contributed by atoms with Gasteiger partial charge >= 0.3 is 0 Å². The van der Waals surface area contributed by atoms with Gasteiger partial charge in [0.05, 0.1) is 12.0 Å². The molecule has 0 aliphatic carbocycles. The van der Waals surface area contributed by atoms with E-state index in [1.807, 2.05) is 18.2 Å². The first kappa shape index (κ1) is 20.6. The van der Waals surface area contributed by atoms with Crippen molar-refractivity contribution >= 4 is 29.7 Å². The first-order valence-corrected chi connectivity index (χ1v) is 9.47. The Hall–Kier alpha value is -1.76. The van der Waals surface area contributed by atoms with Crippen LogP contribution in [0.3, 0.4) is 0 Å². The van der Waals surface area contributed by atoms with Gasteiger partial charge in [0.2, 0.25) is 0 Å². The highest BCUT2D eigenvalue weighted by Crippen LogP contribution is 2.34. The molecule has 0 saturated carbocycles. The van der Waals surface area contributed by atoms with Crippen LogP contribution >= 0.6 is 23.7 Å². The summed E-state index contributed by atoms with van der Waals surface area (Å²) in [5.74, 6) is 0.510. The Morgan fingerprint density at radius 3 is 2.73 bits per heavy atom. The highest BCUT2D eigenvalue weighted by molar-refractivity contribution is 7.17. The van der Waals surface area contributed by atoms with E-state index in [0.717, 1.165) is 30.1 Å². The number of halogens is 1. The van der Waals surface area contributed by atoms with Crippen molar-refractivity contribution in [2.24, 2.45) is 0 Å². The van der Waals surface area contributed by atoms with Crippen molar-refractivity contribution in [1.29, 1.82) is 0 Å². The second-order valence-electron chi connectivity index (χ2n) is 6.21. The summed E-state index contributed by atoms with van der Waals surface area (Å²) in [6, 6.07) is 8.97. The summed E-state index contributed by atoms with van der Waals surface area (Å²) in [6.07, 6.45) is 3.85. The summed E-state index contributed by atoms with van der Waals surface area (Å²) in [5.41, 5.74) is 0.923. The maximum absolute atomic E-state index is 12.3. The molecule has 1 fully saturated rings. The summed E-state index contributed by atoms with van der Waals surface area (Å²) in [6.45, 7) is 3.88. The van der Waals surface area contributed by atoms with E-state index in [1.54, 1.807) is 12.1 Å². The van der Waals surface area contributed by atoms with Gasteiger partial charge in [0, 0.05) is 18.0 Å². The largest absolute Gasteiger partial charge is 0.504 e. The van der Waals surface area contributed by atoms with Crippen molar-refractivity contribution in [1.82, 2.24) is 10.2 Å². The fourth-order valence-corrected chi connectivity index (χ4v) is 3.96. The maximum atomic E-state index is 12.3. The topological polar surface area (TPSA) is 61.8 Å². The third-order valence-corrected chi connectivity index (χ3v) is 5.59. The van der Waals surface area contributed by atoms with Crippen LogP contribution in [0.25, 0.3) is 10.4 Å². The number of phenols is 1. The second-order valence-corrected chi connectivity index (χ2v) is 7.29. The van der Waals surface area contributed by atoms with Crippen molar-refractivity contribution in [3.8, 4) is 21.9 Å². The molecule has 3 rings (SSSR count). The fourth-order valence-electron chi connectivity index (χ4n) is 3.04. The van der Waals surface area contributed by atoms with Crippen LogP contribution in [0, 0.1) is 0 Å². The van der Waals surface area contributed by atoms with Crippen LogP contribution in [0.1, 0.15) is 28.9 Å². The monoisotopic (exact) mass is 396 g/mol. The molecule has 2 heterocycles. The smallest absolute Gasteiger partial charge is 0.261 e. The number of rotatable bonds is 6. The van der Waals surface area contributed by atoms with Crippen molar-refractivity contribution in [3.05, 3.63) is 35.2 Å². The lowest BCUT2D eigenvalue weighted by Crippen LogP contribution is -2.37. The highest BCUT2D eigenvalue weighted by atomic mass is 35.5. The first-order valence-electron chi connectivity index (χ1n) is 8.65. The zero-order valence-electron chi connectivity index (χ0n) is 14.9. The van der Waals surface area contributed by atoms with Crippen LogP contribution in [0.5, 0.6) is 11.5 Å². The molecule has 142 valence electrons. The van der Waals surface area contributed by atoms with Gasteiger partial charge in [-0.15, -0.1) is 23.7 Å². The lowest BCUT2D eigenvalue weighted by atomic mass is 10.1. The van der Waals surface area contributed by atoms with Crippen molar-refractivity contribution in [2.75, 3.05) is 33.3 Å².